The van der Waals surface area contributed by atoms with Crippen molar-refractivity contribution in [3.8, 4) is 0 Å². The number of aliphatic hydroxyl groups is 1. The van der Waals surface area contributed by atoms with Gasteiger partial charge in [0, 0.05) is 12.6 Å². The number of hydrogen-bond donors (Lipinski definition) is 3. The Bertz CT molecular complexity index is 185. The summed E-state index contributed by atoms with van der Waals surface area (Å²) in [7, 11) is 0. The summed E-state index contributed by atoms with van der Waals surface area (Å²) in [6.45, 7) is 7.78. The number of nitrogens with one attached hydrogen (secondary N) is 1. The largest absolute Gasteiger partial charge is 0.396 e. The standard InChI is InChI=1S/C10H21NO2S/c1-6(2)9(14)10(13)11-8(4)7(3)5-12/h6-9,12,14H,5H2,1-4H3,(H,11,13). The number of carbonyl (C=O) groups excluding carboxylic acids is 1. The van der Waals surface area contributed by atoms with E-state index in [4.69, 9.17) is 5.11 Å². The summed E-state index contributed by atoms with van der Waals surface area (Å²) in [5.74, 6) is 0.234. The van der Waals surface area contributed by atoms with E-state index < -0.39 is 0 Å². The molecular formula is C10H21NO2S. The molecule has 1 amide bonds. The molecule has 0 saturated heterocycles. The van der Waals surface area contributed by atoms with Gasteiger partial charge in [0.2, 0.25) is 5.91 Å². The van der Waals surface area contributed by atoms with Gasteiger partial charge in [-0.1, -0.05) is 20.8 Å². The molecular weight excluding hydrogens is 198 g/mol. The molecule has 0 aromatic carbocycles. The van der Waals surface area contributed by atoms with Crippen LogP contribution in [-0.4, -0.2) is 28.9 Å². The van der Waals surface area contributed by atoms with Gasteiger partial charge in [0.25, 0.3) is 0 Å². The van der Waals surface area contributed by atoms with Gasteiger partial charge in [-0.15, -0.1) is 0 Å². The first-order chi connectivity index (χ1) is 6.40. The molecule has 0 heterocycles. The highest BCUT2D eigenvalue weighted by molar-refractivity contribution is 7.81. The molecule has 4 heteroatoms. The summed E-state index contributed by atoms with van der Waals surface area (Å²) in [5.41, 5.74) is 0. The van der Waals surface area contributed by atoms with Crippen molar-refractivity contribution >= 4 is 18.5 Å². The number of thiol groups is 1. The van der Waals surface area contributed by atoms with E-state index in [1.807, 2.05) is 27.7 Å². The molecule has 3 atom stereocenters. The Kier molecular flexibility index (Phi) is 6.20. The molecule has 84 valence electrons. The molecule has 0 aliphatic rings. The minimum atomic E-state index is -0.275. The number of rotatable bonds is 5. The van der Waals surface area contributed by atoms with Crippen LogP contribution in [0.2, 0.25) is 0 Å². The molecule has 2 N–H and O–H groups in total. The van der Waals surface area contributed by atoms with Crippen molar-refractivity contribution in [2.75, 3.05) is 6.61 Å². The van der Waals surface area contributed by atoms with E-state index >= 15 is 0 Å². The second-order valence-electron chi connectivity index (χ2n) is 4.15. The highest BCUT2D eigenvalue weighted by atomic mass is 32.1. The molecule has 0 aromatic heterocycles. The van der Waals surface area contributed by atoms with E-state index in [-0.39, 0.29) is 35.6 Å². The molecule has 0 bridgehead atoms. The number of amides is 1. The Morgan fingerprint density at radius 3 is 2.21 bits per heavy atom. The maximum absolute atomic E-state index is 11.5. The molecule has 14 heavy (non-hydrogen) atoms. The third-order valence-corrected chi connectivity index (χ3v) is 3.24. The fourth-order valence-electron chi connectivity index (χ4n) is 0.913. The maximum Gasteiger partial charge on any atom is 0.233 e. The van der Waals surface area contributed by atoms with Crippen LogP contribution < -0.4 is 5.32 Å². The highest BCUT2D eigenvalue weighted by Gasteiger charge is 2.21. The van der Waals surface area contributed by atoms with Crippen LogP contribution in [0.5, 0.6) is 0 Å². The zero-order valence-corrected chi connectivity index (χ0v) is 10.2. The van der Waals surface area contributed by atoms with Crippen molar-refractivity contribution in [2.45, 2.75) is 39.0 Å². The summed E-state index contributed by atoms with van der Waals surface area (Å²) in [4.78, 5) is 11.5. The Hall–Kier alpha value is -0.220. The van der Waals surface area contributed by atoms with Crippen LogP contribution in [-0.2, 0) is 4.79 Å². The molecule has 0 aliphatic carbocycles. The molecule has 0 fully saturated rings. The van der Waals surface area contributed by atoms with Crippen molar-refractivity contribution in [1.29, 1.82) is 0 Å². The van der Waals surface area contributed by atoms with Gasteiger partial charge in [-0.05, 0) is 18.8 Å². The quantitative estimate of drug-likeness (QED) is 0.606. The molecule has 0 spiro atoms. The van der Waals surface area contributed by atoms with E-state index in [9.17, 15) is 4.79 Å². The van der Waals surface area contributed by atoms with Crippen LogP contribution in [0, 0.1) is 11.8 Å². The lowest BCUT2D eigenvalue weighted by Crippen LogP contribution is -2.43. The summed E-state index contributed by atoms with van der Waals surface area (Å²) < 4.78 is 0. The van der Waals surface area contributed by atoms with Gasteiger partial charge in [-0.2, -0.15) is 12.6 Å². The van der Waals surface area contributed by atoms with Gasteiger partial charge >= 0.3 is 0 Å². The average molecular weight is 219 g/mol. The Morgan fingerprint density at radius 2 is 1.86 bits per heavy atom. The van der Waals surface area contributed by atoms with Crippen molar-refractivity contribution in [3.63, 3.8) is 0 Å². The first-order valence-corrected chi connectivity index (χ1v) is 5.51. The summed E-state index contributed by atoms with van der Waals surface area (Å²) in [6, 6.07) is -0.0131. The predicted molar refractivity (Wildman–Crippen MR) is 61.5 cm³/mol. The lowest BCUT2D eigenvalue weighted by atomic mass is 10.0. The molecule has 0 aliphatic heterocycles. The fraction of sp³-hybridized carbons (Fsp3) is 0.900. The van der Waals surface area contributed by atoms with Crippen molar-refractivity contribution < 1.29 is 9.90 Å². The summed E-state index contributed by atoms with van der Waals surface area (Å²) in [6.07, 6.45) is 0. The molecule has 0 aromatic rings. The van der Waals surface area contributed by atoms with Crippen LogP contribution >= 0.6 is 12.6 Å². The SMILES string of the molecule is CC(C)C(S)C(=O)NC(C)C(C)CO. The average Bonchev–Trinajstić information content (AvgIpc) is 2.14. The first-order valence-electron chi connectivity index (χ1n) is 4.99. The monoisotopic (exact) mass is 219 g/mol. The second kappa shape index (κ2) is 6.30. The smallest absolute Gasteiger partial charge is 0.233 e. The molecule has 0 saturated carbocycles. The van der Waals surface area contributed by atoms with Crippen LogP contribution in [0.15, 0.2) is 0 Å². The van der Waals surface area contributed by atoms with Gasteiger partial charge in [0.05, 0.1) is 5.25 Å². The van der Waals surface area contributed by atoms with Gasteiger partial charge in [-0.3, -0.25) is 4.79 Å². The van der Waals surface area contributed by atoms with Crippen LogP contribution in [0.4, 0.5) is 0 Å². The number of carbonyl (C=O) groups is 1. The third-order valence-electron chi connectivity index (χ3n) is 2.41. The van der Waals surface area contributed by atoms with E-state index in [0.29, 0.717) is 0 Å². The van der Waals surface area contributed by atoms with Gasteiger partial charge in [0.1, 0.15) is 0 Å². The van der Waals surface area contributed by atoms with Crippen molar-refractivity contribution in [2.24, 2.45) is 11.8 Å². The molecule has 0 radical (unpaired) electrons. The molecule has 3 nitrogen and oxygen atoms in total. The summed E-state index contributed by atoms with van der Waals surface area (Å²) in [5, 5.41) is 11.5. The van der Waals surface area contributed by atoms with Gasteiger partial charge in [0.15, 0.2) is 0 Å². The van der Waals surface area contributed by atoms with Gasteiger partial charge in [-0.25, -0.2) is 0 Å². The van der Waals surface area contributed by atoms with Crippen molar-refractivity contribution in [3.05, 3.63) is 0 Å². The Balaban J connectivity index is 4.05. The maximum atomic E-state index is 11.5. The van der Waals surface area contributed by atoms with E-state index in [1.54, 1.807) is 0 Å². The Morgan fingerprint density at radius 1 is 1.36 bits per heavy atom. The number of hydrogen-bond acceptors (Lipinski definition) is 3. The first kappa shape index (κ1) is 13.8. The number of aliphatic hydroxyl groups excluding tert-OH is 1. The third kappa shape index (κ3) is 4.33. The minimum Gasteiger partial charge on any atom is -0.396 e. The normalized spacial score (nSPS) is 17.6. The van der Waals surface area contributed by atoms with E-state index in [0.717, 1.165) is 0 Å². The predicted octanol–water partition coefficient (Wildman–Crippen LogP) is 1.07. The molecule has 3 unspecified atom stereocenters. The zero-order chi connectivity index (χ0) is 11.3. The van der Waals surface area contributed by atoms with Crippen LogP contribution in [0.3, 0.4) is 0 Å². The minimum absolute atomic E-state index is 0.0131. The highest BCUT2D eigenvalue weighted by Crippen LogP contribution is 2.10. The summed E-state index contributed by atoms with van der Waals surface area (Å²) >= 11 is 4.22. The van der Waals surface area contributed by atoms with E-state index in [2.05, 4.69) is 17.9 Å². The van der Waals surface area contributed by atoms with Crippen molar-refractivity contribution in [1.82, 2.24) is 5.32 Å². The van der Waals surface area contributed by atoms with Crippen LogP contribution in [0.25, 0.3) is 0 Å². The van der Waals surface area contributed by atoms with Crippen LogP contribution in [0.1, 0.15) is 27.7 Å². The second-order valence-corrected chi connectivity index (χ2v) is 4.70. The zero-order valence-electron chi connectivity index (χ0n) is 9.32. The van der Waals surface area contributed by atoms with E-state index in [1.165, 1.54) is 0 Å². The topological polar surface area (TPSA) is 49.3 Å². The lowest BCUT2D eigenvalue weighted by Gasteiger charge is -2.22. The molecule has 0 rings (SSSR count). The van der Waals surface area contributed by atoms with Gasteiger partial charge < -0.3 is 10.4 Å². The lowest BCUT2D eigenvalue weighted by molar-refractivity contribution is -0.122. The Labute approximate surface area is 91.7 Å². The fourth-order valence-corrected chi connectivity index (χ4v) is 0.987.